The van der Waals surface area contributed by atoms with E-state index in [9.17, 15) is 25.0 Å². The number of nitrogens with one attached hydrogen (secondary N) is 2. The highest BCUT2D eigenvalue weighted by molar-refractivity contribution is 6.32. The highest BCUT2D eigenvalue weighted by atomic mass is 35.5. The van der Waals surface area contributed by atoms with Crippen LogP contribution in [0.5, 0.6) is 0 Å². The summed E-state index contributed by atoms with van der Waals surface area (Å²) in [6, 6.07) is 6.83. The number of benzene rings is 1. The van der Waals surface area contributed by atoms with Crippen molar-refractivity contribution < 1.29 is 14.6 Å². The molecule has 14 nitrogen and oxygen atoms in total. The monoisotopic (exact) mass is 431 g/mol. The number of aromatic nitrogens is 2. The minimum absolute atomic E-state index is 0.147. The number of hydrogen-bond acceptors (Lipinski definition) is 11. The van der Waals surface area contributed by atoms with Gasteiger partial charge in [0, 0.05) is 11.6 Å². The Morgan fingerprint density at radius 2 is 1.83 bits per heavy atom. The first kappa shape index (κ1) is 21.7. The van der Waals surface area contributed by atoms with Gasteiger partial charge in [0.25, 0.3) is 11.6 Å². The van der Waals surface area contributed by atoms with Gasteiger partial charge in [0.15, 0.2) is 0 Å². The molecule has 0 saturated heterocycles. The molecule has 1 amide bonds. The number of nitro benzene ring substituents is 1. The van der Waals surface area contributed by atoms with E-state index in [-0.39, 0.29) is 29.5 Å². The van der Waals surface area contributed by atoms with Gasteiger partial charge in [0.05, 0.1) is 22.0 Å². The lowest BCUT2D eigenvalue weighted by Crippen LogP contribution is -2.31. The number of nitrogens with zero attached hydrogens (tertiary/aromatic N) is 7. The molecule has 1 heterocycles. The summed E-state index contributed by atoms with van der Waals surface area (Å²) in [6.45, 7) is -0.711. The first-order chi connectivity index (χ1) is 14.3. The van der Waals surface area contributed by atoms with Crippen LogP contribution in [0.1, 0.15) is 10.4 Å². The summed E-state index contributed by atoms with van der Waals surface area (Å²) in [5.41, 5.74) is 3.04. The predicted octanol–water partition coefficient (Wildman–Crippen LogP) is 1.56. The van der Waals surface area contributed by atoms with Gasteiger partial charge in [-0.1, -0.05) is 11.6 Å². The lowest BCUT2D eigenvalue weighted by Gasteiger charge is -2.17. The van der Waals surface area contributed by atoms with Crippen molar-refractivity contribution in [3.05, 3.63) is 55.3 Å². The first-order valence-corrected chi connectivity index (χ1v) is 8.16. The van der Waals surface area contributed by atoms with Crippen LogP contribution in [0.25, 0.3) is 0 Å². The number of nitriles is 2. The molecular weight excluding hydrogens is 422 g/mol. The van der Waals surface area contributed by atoms with Crippen LogP contribution in [-0.2, 0) is 0 Å². The topological polar surface area (TPSA) is 204 Å². The van der Waals surface area contributed by atoms with Crippen LogP contribution in [-0.4, -0.2) is 38.8 Å². The summed E-state index contributed by atoms with van der Waals surface area (Å²) in [5, 5.41) is 40.0. The summed E-state index contributed by atoms with van der Waals surface area (Å²) in [7, 11) is 0. The normalized spacial score (nSPS) is 9.70. The van der Waals surface area contributed by atoms with Gasteiger partial charge in [-0.2, -0.15) is 10.5 Å². The van der Waals surface area contributed by atoms with Crippen LogP contribution in [0.15, 0.2) is 24.5 Å². The van der Waals surface area contributed by atoms with Gasteiger partial charge in [0.2, 0.25) is 11.6 Å². The van der Waals surface area contributed by atoms with Crippen LogP contribution >= 0.6 is 11.6 Å². The Balaban J connectivity index is 2.32. The SMILES string of the molecule is N#CCN(CC#N)c1ncnc(NNC(=O)c2ccc(Cl)c([N+](=O)[O-])c2)c1[N+](=O)[O-]. The zero-order valence-corrected chi connectivity index (χ0v) is 15.5. The Morgan fingerprint density at radius 3 is 2.40 bits per heavy atom. The number of hydrazine groups is 1. The molecule has 2 rings (SSSR count). The third-order valence-electron chi connectivity index (χ3n) is 3.51. The van der Waals surface area contributed by atoms with E-state index in [1.807, 2.05) is 0 Å². The Labute approximate surface area is 172 Å². The summed E-state index contributed by atoms with van der Waals surface area (Å²) in [4.78, 5) is 41.6. The average molecular weight is 432 g/mol. The van der Waals surface area contributed by atoms with E-state index in [0.717, 1.165) is 23.4 Å². The van der Waals surface area contributed by atoms with Crippen molar-refractivity contribution in [2.45, 2.75) is 0 Å². The summed E-state index contributed by atoms with van der Waals surface area (Å²) in [6.07, 6.45) is 0.936. The Bertz CT molecular complexity index is 1080. The number of halogens is 1. The van der Waals surface area contributed by atoms with Crippen molar-refractivity contribution in [2.24, 2.45) is 0 Å². The van der Waals surface area contributed by atoms with Gasteiger partial charge in [0.1, 0.15) is 24.4 Å². The molecule has 2 N–H and O–H groups in total. The van der Waals surface area contributed by atoms with Gasteiger partial charge in [-0.15, -0.1) is 0 Å². The van der Waals surface area contributed by atoms with Crippen molar-refractivity contribution in [1.82, 2.24) is 15.4 Å². The maximum absolute atomic E-state index is 12.3. The lowest BCUT2D eigenvalue weighted by molar-refractivity contribution is -0.384. The molecular formula is C15H10ClN9O5. The Kier molecular flexibility index (Phi) is 6.94. The van der Waals surface area contributed by atoms with Crippen LogP contribution < -0.4 is 15.8 Å². The molecule has 0 saturated carbocycles. The maximum Gasteiger partial charge on any atom is 0.355 e. The van der Waals surface area contributed by atoms with Gasteiger partial charge in [-0.05, 0) is 12.1 Å². The molecule has 0 aliphatic carbocycles. The third kappa shape index (κ3) is 4.83. The first-order valence-electron chi connectivity index (χ1n) is 7.78. The third-order valence-corrected chi connectivity index (χ3v) is 3.83. The van der Waals surface area contributed by atoms with E-state index in [0.29, 0.717) is 0 Å². The van der Waals surface area contributed by atoms with Crippen molar-refractivity contribution in [3.8, 4) is 12.1 Å². The minimum atomic E-state index is -0.866. The predicted molar refractivity (Wildman–Crippen MR) is 101 cm³/mol. The quantitative estimate of drug-likeness (QED) is 0.348. The van der Waals surface area contributed by atoms with Crippen molar-refractivity contribution in [2.75, 3.05) is 23.4 Å². The molecule has 15 heteroatoms. The fraction of sp³-hybridized carbons (Fsp3) is 0.133. The number of amides is 1. The summed E-state index contributed by atoms with van der Waals surface area (Å²) < 4.78 is 0. The number of hydrogen-bond donors (Lipinski definition) is 2. The fourth-order valence-electron chi connectivity index (χ4n) is 2.22. The Hall–Kier alpha value is -4.56. The highest BCUT2D eigenvalue weighted by Gasteiger charge is 2.27. The van der Waals surface area contributed by atoms with Crippen LogP contribution in [0.3, 0.4) is 0 Å². The molecule has 30 heavy (non-hydrogen) atoms. The highest BCUT2D eigenvalue weighted by Crippen LogP contribution is 2.31. The van der Waals surface area contributed by atoms with Crippen molar-refractivity contribution in [3.63, 3.8) is 0 Å². The molecule has 0 spiro atoms. The number of carbonyl (C=O) groups excluding carboxylic acids is 1. The second kappa shape index (κ2) is 9.58. The van der Waals surface area contributed by atoms with Crippen LogP contribution in [0, 0.1) is 42.9 Å². The van der Waals surface area contributed by atoms with E-state index in [1.165, 1.54) is 6.07 Å². The van der Waals surface area contributed by atoms with Crippen LogP contribution in [0.4, 0.5) is 23.0 Å². The standard InChI is InChI=1S/C15H10ClN9O5/c16-10-2-1-9(7-11(10)24(27)28)15(26)22-21-13-12(25(29)30)14(20-8-19-13)23(5-3-17)6-4-18/h1-2,7-8H,5-6H2,(H,22,26)(H,19,20,21). The second-order valence-electron chi connectivity index (χ2n) is 5.33. The number of anilines is 2. The molecule has 2 aromatic rings. The van der Waals surface area contributed by atoms with Gasteiger partial charge >= 0.3 is 5.69 Å². The largest absolute Gasteiger partial charge is 0.355 e. The average Bonchev–Trinajstić information content (AvgIpc) is 2.71. The van der Waals surface area contributed by atoms with E-state index < -0.39 is 32.9 Å². The maximum atomic E-state index is 12.3. The molecule has 1 aromatic carbocycles. The van der Waals surface area contributed by atoms with Gasteiger partial charge < -0.3 is 4.90 Å². The summed E-state index contributed by atoms with van der Waals surface area (Å²) >= 11 is 5.69. The summed E-state index contributed by atoms with van der Waals surface area (Å²) in [5.74, 6) is -1.60. The molecule has 0 aliphatic rings. The van der Waals surface area contributed by atoms with Crippen molar-refractivity contribution in [1.29, 1.82) is 10.5 Å². The minimum Gasteiger partial charge on any atom is -0.324 e. The molecule has 0 fully saturated rings. The zero-order chi connectivity index (χ0) is 22.3. The number of nitro groups is 2. The van der Waals surface area contributed by atoms with E-state index >= 15 is 0 Å². The lowest BCUT2D eigenvalue weighted by atomic mass is 10.2. The number of carbonyl (C=O) groups is 1. The van der Waals surface area contributed by atoms with Gasteiger partial charge in [-0.25, -0.2) is 9.97 Å². The second-order valence-corrected chi connectivity index (χ2v) is 5.73. The zero-order valence-electron chi connectivity index (χ0n) is 14.8. The molecule has 0 atom stereocenters. The van der Waals surface area contributed by atoms with E-state index in [1.54, 1.807) is 12.1 Å². The van der Waals surface area contributed by atoms with Crippen molar-refractivity contribution >= 4 is 40.5 Å². The Morgan fingerprint density at radius 1 is 1.17 bits per heavy atom. The molecule has 0 unspecified atom stereocenters. The van der Waals surface area contributed by atoms with E-state index in [4.69, 9.17) is 22.1 Å². The van der Waals surface area contributed by atoms with E-state index in [2.05, 4.69) is 20.8 Å². The molecule has 1 aromatic heterocycles. The number of rotatable bonds is 8. The fourth-order valence-corrected chi connectivity index (χ4v) is 2.41. The van der Waals surface area contributed by atoms with Crippen LogP contribution in [0.2, 0.25) is 5.02 Å². The molecule has 0 bridgehead atoms. The molecule has 0 aliphatic heterocycles. The molecule has 152 valence electrons. The molecule has 0 radical (unpaired) electrons. The van der Waals surface area contributed by atoms with Gasteiger partial charge in [-0.3, -0.25) is 35.9 Å². The smallest absolute Gasteiger partial charge is 0.324 e.